The first-order valence-electron chi connectivity index (χ1n) is 29.7. The van der Waals surface area contributed by atoms with Crippen molar-refractivity contribution in [2.24, 2.45) is 0 Å². The van der Waals surface area contributed by atoms with Crippen molar-refractivity contribution in [2.45, 2.75) is 284 Å². The third-order valence-corrected chi connectivity index (χ3v) is 12.5. The highest BCUT2D eigenvalue weighted by Gasteiger charge is 2.19. The highest BCUT2D eigenvalue weighted by molar-refractivity contribution is 5.71. The first-order chi connectivity index (χ1) is 35.0. The van der Waals surface area contributed by atoms with Crippen LogP contribution >= 0.6 is 0 Å². The topological polar surface area (TPSA) is 78.9 Å². The molecule has 1 atom stereocenters. The van der Waals surface area contributed by atoms with E-state index in [1.165, 1.54) is 141 Å². The summed E-state index contributed by atoms with van der Waals surface area (Å²) in [5, 5.41) is 0. The fraction of sp³-hybridized carbons (Fsp3) is 0.708. The highest BCUT2D eigenvalue weighted by Crippen LogP contribution is 2.14. The third-order valence-electron chi connectivity index (χ3n) is 12.5. The van der Waals surface area contributed by atoms with E-state index in [1.54, 1.807) is 0 Å². The second-order valence-electron chi connectivity index (χ2n) is 19.5. The summed E-state index contributed by atoms with van der Waals surface area (Å²) in [6.45, 7) is 6.52. The Morgan fingerprint density at radius 2 is 0.521 bits per heavy atom. The molecule has 0 rings (SSSR count). The maximum absolute atomic E-state index is 12.9. The first-order valence-corrected chi connectivity index (χ1v) is 29.7. The van der Waals surface area contributed by atoms with Crippen LogP contribution in [0.2, 0.25) is 0 Å². The van der Waals surface area contributed by atoms with E-state index in [9.17, 15) is 14.4 Å². The van der Waals surface area contributed by atoms with E-state index >= 15 is 0 Å². The van der Waals surface area contributed by atoms with Crippen molar-refractivity contribution in [1.82, 2.24) is 0 Å². The van der Waals surface area contributed by atoms with Crippen LogP contribution in [0.15, 0.2) is 97.2 Å². The lowest BCUT2D eigenvalue weighted by molar-refractivity contribution is -0.167. The molecule has 0 N–H and O–H groups in total. The molecule has 0 aromatic rings. The summed E-state index contributed by atoms with van der Waals surface area (Å²) in [5.74, 6) is -0.982. The van der Waals surface area contributed by atoms with E-state index in [2.05, 4.69) is 118 Å². The van der Waals surface area contributed by atoms with Gasteiger partial charge in [-0.1, -0.05) is 234 Å². The molecule has 0 aliphatic carbocycles. The monoisotopic (exact) mass is 987 g/mol. The molecular formula is C65H110O6. The summed E-state index contributed by atoms with van der Waals surface area (Å²) in [6, 6.07) is 0. The quantitative estimate of drug-likeness (QED) is 0.0261. The minimum Gasteiger partial charge on any atom is -0.462 e. The lowest BCUT2D eigenvalue weighted by Crippen LogP contribution is -2.30. The average molecular weight is 988 g/mol. The molecule has 0 heterocycles. The Labute approximate surface area is 438 Å². The van der Waals surface area contributed by atoms with E-state index in [4.69, 9.17) is 14.2 Å². The van der Waals surface area contributed by atoms with Crippen LogP contribution in [-0.2, 0) is 28.6 Å². The van der Waals surface area contributed by atoms with E-state index < -0.39 is 6.10 Å². The summed E-state index contributed by atoms with van der Waals surface area (Å²) in [7, 11) is 0. The molecule has 6 nitrogen and oxygen atoms in total. The van der Waals surface area contributed by atoms with Gasteiger partial charge in [-0.05, 0) is 122 Å². The molecule has 0 saturated heterocycles. The molecule has 0 amide bonds. The van der Waals surface area contributed by atoms with E-state index in [0.717, 1.165) is 89.9 Å². The van der Waals surface area contributed by atoms with Crippen LogP contribution in [0.1, 0.15) is 278 Å². The smallest absolute Gasteiger partial charge is 0.306 e. The molecule has 0 aromatic carbocycles. The SMILES string of the molecule is CCCCC/C=C\C/C=C\C/C=C\C/C=C\CCCC(=O)OC[C@H](COC(=O)CCCCCC/C=C\C/C=C\C/C=C\CCCCC)OC(=O)CCCCCCCCCCC/C=C\CCCCCCCC. The van der Waals surface area contributed by atoms with Crippen molar-refractivity contribution in [3.8, 4) is 0 Å². The van der Waals surface area contributed by atoms with Crippen LogP contribution < -0.4 is 0 Å². The molecule has 0 aliphatic rings. The fourth-order valence-corrected chi connectivity index (χ4v) is 8.02. The number of hydrogen-bond acceptors (Lipinski definition) is 6. The van der Waals surface area contributed by atoms with Crippen molar-refractivity contribution in [2.75, 3.05) is 13.2 Å². The first kappa shape index (κ1) is 67.3. The summed E-state index contributed by atoms with van der Waals surface area (Å²) in [4.78, 5) is 38.2. The highest BCUT2D eigenvalue weighted by atomic mass is 16.6. The predicted molar refractivity (Wildman–Crippen MR) is 307 cm³/mol. The Morgan fingerprint density at radius 1 is 0.282 bits per heavy atom. The van der Waals surface area contributed by atoms with E-state index in [0.29, 0.717) is 19.3 Å². The van der Waals surface area contributed by atoms with Crippen LogP contribution in [0.25, 0.3) is 0 Å². The Hall–Kier alpha value is -3.67. The molecular weight excluding hydrogens is 877 g/mol. The van der Waals surface area contributed by atoms with Gasteiger partial charge in [-0.15, -0.1) is 0 Å². The standard InChI is InChI=1S/C65H110O6/c1-4-7-10-13-16-19-22-25-28-31-32-35-38-41-44-47-50-53-56-59-65(68)71-62(60-69-63(66)57-54-51-48-45-42-39-36-33-29-26-23-20-17-14-11-8-5-2)61-70-64(67)58-55-52-49-46-43-40-37-34-30-27-24-21-18-15-12-9-6-3/h17-18,20-21,25-30,36-37,39-40,45,48,62H,4-16,19,22-24,31-35,38,41-44,46-47,49-61H2,1-3H3/b20-17-,21-18-,28-25-,29-26-,30-27-,39-36-,40-37-,48-45-/t62-/m1/s1. The van der Waals surface area contributed by atoms with Crippen molar-refractivity contribution < 1.29 is 28.6 Å². The molecule has 0 fully saturated rings. The number of rotatable bonds is 53. The second kappa shape index (κ2) is 58.9. The molecule has 0 aromatic heterocycles. The van der Waals surface area contributed by atoms with Gasteiger partial charge in [0.15, 0.2) is 6.10 Å². The van der Waals surface area contributed by atoms with Crippen LogP contribution in [0, 0.1) is 0 Å². The Bertz CT molecular complexity index is 1410. The Balaban J connectivity index is 4.50. The fourth-order valence-electron chi connectivity index (χ4n) is 8.02. The average Bonchev–Trinajstić information content (AvgIpc) is 3.37. The maximum Gasteiger partial charge on any atom is 0.306 e. The minimum atomic E-state index is -0.812. The van der Waals surface area contributed by atoms with Gasteiger partial charge in [-0.2, -0.15) is 0 Å². The summed E-state index contributed by atoms with van der Waals surface area (Å²) >= 11 is 0. The number of carbonyl (C=O) groups excluding carboxylic acids is 3. The number of ether oxygens (including phenoxy) is 3. The molecule has 0 radical (unpaired) electrons. The number of carbonyl (C=O) groups is 3. The summed E-state index contributed by atoms with van der Waals surface area (Å²) in [6.07, 6.45) is 78.3. The summed E-state index contributed by atoms with van der Waals surface area (Å²) in [5.41, 5.74) is 0. The zero-order valence-electron chi connectivity index (χ0n) is 46.5. The molecule has 406 valence electrons. The number of allylic oxidation sites excluding steroid dienone is 16. The van der Waals surface area contributed by atoms with Crippen molar-refractivity contribution in [3.63, 3.8) is 0 Å². The molecule has 0 spiro atoms. The van der Waals surface area contributed by atoms with Gasteiger partial charge in [0.25, 0.3) is 0 Å². The Morgan fingerprint density at radius 3 is 0.887 bits per heavy atom. The van der Waals surface area contributed by atoms with Crippen molar-refractivity contribution >= 4 is 17.9 Å². The third kappa shape index (κ3) is 57.1. The lowest BCUT2D eigenvalue weighted by Gasteiger charge is -2.18. The van der Waals surface area contributed by atoms with Crippen molar-refractivity contribution in [3.05, 3.63) is 97.2 Å². The normalized spacial score (nSPS) is 12.8. The molecule has 71 heavy (non-hydrogen) atoms. The number of unbranched alkanes of at least 4 members (excludes halogenated alkanes) is 26. The van der Waals surface area contributed by atoms with Gasteiger partial charge in [-0.25, -0.2) is 0 Å². The maximum atomic E-state index is 12.9. The number of esters is 3. The largest absolute Gasteiger partial charge is 0.462 e. The second-order valence-corrected chi connectivity index (χ2v) is 19.5. The summed E-state index contributed by atoms with van der Waals surface area (Å²) < 4.78 is 16.8. The number of hydrogen-bond donors (Lipinski definition) is 0. The van der Waals surface area contributed by atoms with Gasteiger partial charge in [0.2, 0.25) is 0 Å². The van der Waals surface area contributed by atoms with Gasteiger partial charge in [0.1, 0.15) is 13.2 Å². The van der Waals surface area contributed by atoms with Gasteiger partial charge in [0, 0.05) is 19.3 Å². The van der Waals surface area contributed by atoms with Crippen LogP contribution in [0.4, 0.5) is 0 Å². The van der Waals surface area contributed by atoms with Gasteiger partial charge >= 0.3 is 17.9 Å². The van der Waals surface area contributed by atoms with Gasteiger partial charge in [0.05, 0.1) is 0 Å². The minimum absolute atomic E-state index is 0.107. The zero-order chi connectivity index (χ0) is 51.4. The van der Waals surface area contributed by atoms with Crippen LogP contribution in [-0.4, -0.2) is 37.2 Å². The molecule has 0 aliphatic heterocycles. The van der Waals surface area contributed by atoms with Gasteiger partial charge < -0.3 is 14.2 Å². The molecule has 0 bridgehead atoms. The zero-order valence-corrected chi connectivity index (χ0v) is 46.5. The predicted octanol–water partition coefficient (Wildman–Crippen LogP) is 20.1. The van der Waals surface area contributed by atoms with E-state index in [1.807, 2.05) is 0 Å². The van der Waals surface area contributed by atoms with Gasteiger partial charge in [-0.3, -0.25) is 14.4 Å². The van der Waals surface area contributed by atoms with E-state index in [-0.39, 0.29) is 37.5 Å². The lowest BCUT2D eigenvalue weighted by atomic mass is 10.1. The van der Waals surface area contributed by atoms with Crippen LogP contribution in [0.5, 0.6) is 0 Å². The van der Waals surface area contributed by atoms with Crippen LogP contribution in [0.3, 0.4) is 0 Å². The Kier molecular flexibility index (Phi) is 55.9. The molecule has 0 saturated carbocycles. The molecule has 0 unspecified atom stereocenters. The molecule has 6 heteroatoms. The van der Waals surface area contributed by atoms with Crippen molar-refractivity contribution in [1.29, 1.82) is 0 Å².